The van der Waals surface area contributed by atoms with E-state index >= 15 is 0 Å². The summed E-state index contributed by atoms with van der Waals surface area (Å²) in [7, 11) is 0. The minimum Gasteiger partial charge on any atom is -0.488 e. The number of nitro groups is 1. The first-order valence-electron chi connectivity index (χ1n) is 9.58. The van der Waals surface area contributed by atoms with Crippen LogP contribution in [0.2, 0.25) is 0 Å². The maximum absolute atomic E-state index is 12.2. The number of nitro benzene ring substituents is 1. The third-order valence-corrected chi connectivity index (χ3v) is 4.30. The van der Waals surface area contributed by atoms with E-state index in [0.29, 0.717) is 22.6 Å². The quantitative estimate of drug-likeness (QED) is 0.317. The van der Waals surface area contributed by atoms with Gasteiger partial charge in [-0.05, 0) is 54.1 Å². The second-order valence-corrected chi connectivity index (χ2v) is 6.71. The highest BCUT2D eigenvalue weighted by atomic mass is 16.6. The van der Waals surface area contributed by atoms with Crippen molar-refractivity contribution in [1.29, 1.82) is 0 Å². The van der Waals surface area contributed by atoms with Crippen molar-refractivity contribution in [2.45, 2.75) is 13.5 Å². The highest BCUT2D eigenvalue weighted by Gasteiger charge is 2.07. The Labute approximate surface area is 183 Å². The van der Waals surface area contributed by atoms with E-state index in [-0.39, 0.29) is 18.2 Å². The number of ether oxygens (including phenoxy) is 1. The van der Waals surface area contributed by atoms with Crippen LogP contribution in [0.15, 0.2) is 77.9 Å². The third-order valence-electron chi connectivity index (χ3n) is 4.30. The number of para-hydroxylation sites is 1. The minimum atomic E-state index is -0.456. The summed E-state index contributed by atoms with van der Waals surface area (Å²) >= 11 is 0. The second kappa shape index (κ2) is 10.5. The number of nitrogens with one attached hydrogen (secondary N) is 2. The van der Waals surface area contributed by atoms with Crippen LogP contribution in [0.5, 0.6) is 5.75 Å². The summed E-state index contributed by atoms with van der Waals surface area (Å²) in [4.78, 5) is 33.6. The summed E-state index contributed by atoms with van der Waals surface area (Å²) in [6, 6.07) is 19.7. The van der Waals surface area contributed by atoms with Gasteiger partial charge in [0.2, 0.25) is 5.91 Å². The summed E-state index contributed by atoms with van der Waals surface area (Å²) in [5.74, 6) is -0.0512. The van der Waals surface area contributed by atoms with Crippen molar-refractivity contribution < 1.29 is 19.2 Å². The molecule has 0 aliphatic carbocycles. The maximum atomic E-state index is 12.2. The fourth-order valence-corrected chi connectivity index (χ4v) is 2.73. The van der Waals surface area contributed by atoms with E-state index in [0.717, 1.165) is 5.56 Å². The van der Waals surface area contributed by atoms with E-state index in [1.807, 2.05) is 6.07 Å². The molecule has 0 aliphatic rings. The molecule has 3 aromatic rings. The number of nitrogens with zero attached hydrogens (tertiary/aromatic N) is 2. The van der Waals surface area contributed by atoms with Gasteiger partial charge >= 0.3 is 0 Å². The molecule has 0 aliphatic heterocycles. The van der Waals surface area contributed by atoms with Crippen molar-refractivity contribution in [3.63, 3.8) is 0 Å². The topological polar surface area (TPSA) is 123 Å². The van der Waals surface area contributed by atoms with Crippen molar-refractivity contribution >= 4 is 29.4 Å². The lowest BCUT2D eigenvalue weighted by atomic mass is 10.2. The monoisotopic (exact) mass is 432 g/mol. The Kier molecular flexibility index (Phi) is 7.26. The van der Waals surface area contributed by atoms with Gasteiger partial charge < -0.3 is 10.1 Å². The number of hydrazone groups is 1. The van der Waals surface area contributed by atoms with Crippen LogP contribution in [0.25, 0.3) is 0 Å². The van der Waals surface area contributed by atoms with E-state index in [1.165, 1.54) is 25.3 Å². The van der Waals surface area contributed by atoms with Gasteiger partial charge in [0.05, 0.1) is 11.1 Å². The van der Waals surface area contributed by atoms with Gasteiger partial charge in [-0.2, -0.15) is 5.10 Å². The Morgan fingerprint density at radius 2 is 1.72 bits per heavy atom. The zero-order chi connectivity index (χ0) is 22.9. The smallest absolute Gasteiger partial charge is 0.271 e. The number of carbonyl (C=O) groups is 2. The van der Waals surface area contributed by atoms with Gasteiger partial charge in [-0.3, -0.25) is 19.7 Å². The van der Waals surface area contributed by atoms with E-state index in [9.17, 15) is 19.7 Å². The Hall–Kier alpha value is -4.53. The number of anilines is 1. The normalized spacial score (nSPS) is 10.5. The molecule has 0 fully saturated rings. The number of hydrogen-bond acceptors (Lipinski definition) is 6. The molecular weight excluding hydrogens is 412 g/mol. The first-order chi connectivity index (χ1) is 15.4. The van der Waals surface area contributed by atoms with Gasteiger partial charge in [0.1, 0.15) is 12.4 Å². The number of carbonyl (C=O) groups excluding carboxylic acids is 2. The van der Waals surface area contributed by atoms with Gasteiger partial charge in [0.15, 0.2) is 0 Å². The van der Waals surface area contributed by atoms with Crippen LogP contribution in [-0.2, 0) is 11.4 Å². The van der Waals surface area contributed by atoms with Gasteiger partial charge in [0.25, 0.3) is 11.6 Å². The zero-order valence-electron chi connectivity index (χ0n) is 17.1. The standard InChI is InChI=1S/C23H20N4O5/c1-16(28)25-20-10-8-18(9-11-20)23(29)26-24-14-19-4-2-3-5-22(19)32-15-17-6-12-21(13-7-17)27(30)31/h2-14H,15H2,1H3,(H,25,28)(H,26,29). The molecule has 2 N–H and O–H groups in total. The molecule has 32 heavy (non-hydrogen) atoms. The first-order valence-corrected chi connectivity index (χ1v) is 9.58. The minimum absolute atomic E-state index is 0.0155. The Morgan fingerprint density at radius 3 is 2.38 bits per heavy atom. The van der Waals surface area contributed by atoms with E-state index in [1.54, 1.807) is 54.6 Å². The second-order valence-electron chi connectivity index (χ2n) is 6.71. The van der Waals surface area contributed by atoms with E-state index < -0.39 is 10.8 Å². The summed E-state index contributed by atoms with van der Waals surface area (Å²) in [5.41, 5.74) is 4.87. The Balaban J connectivity index is 1.59. The van der Waals surface area contributed by atoms with Gasteiger partial charge in [-0.1, -0.05) is 12.1 Å². The van der Waals surface area contributed by atoms with Crippen molar-refractivity contribution in [3.8, 4) is 5.75 Å². The average molecular weight is 432 g/mol. The predicted molar refractivity (Wildman–Crippen MR) is 120 cm³/mol. The first kappa shape index (κ1) is 22.2. The molecule has 0 atom stereocenters. The SMILES string of the molecule is CC(=O)Nc1ccc(C(=O)NN=Cc2ccccc2OCc2ccc([N+](=O)[O-])cc2)cc1. The van der Waals surface area contributed by atoms with Crippen LogP contribution >= 0.6 is 0 Å². The summed E-state index contributed by atoms with van der Waals surface area (Å²) in [5, 5.41) is 17.4. The van der Waals surface area contributed by atoms with E-state index in [4.69, 9.17) is 4.74 Å². The zero-order valence-corrected chi connectivity index (χ0v) is 17.1. The lowest BCUT2D eigenvalue weighted by Gasteiger charge is -2.09. The van der Waals surface area contributed by atoms with Gasteiger partial charge in [-0.15, -0.1) is 0 Å². The molecule has 0 radical (unpaired) electrons. The molecule has 162 valence electrons. The highest BCUT2D eigenvalue weighted by molar-refractivity contribution is 5.96. The van der Waals surface area contributed by atoms with Crippen molar-refractivity contribution in [1.82, 2.24) is 5.43 Å². The molecule has 0 unspecified atom stereocenters. The van der Waals surface area contributed by atoms with E-state index in [2.05, 4.69) is 15.8 Å². The third kappa shape index (κ3) is 6.23. The molecule has 9 nitrogen and oxygen atoms in total. The molecule has 9 heteroatoms. The number of amides is 2. The Morgan fingerprint density at radius 1 is 1.03 bits per heavy atom. The highest BCUT2D eigenvalue weighted by Crippen LogP contribution is 2.19. The molecule has 3 rings (SSSR count). The number of benzene rings is 3. The lowest BCUT2D eigenvalue weighted by Crippen LogP contribution is -2.17. The predicted octanol–water partition coefficient (Wildman–Crippen LogP) is 3.90. The molecule has 3 aromatic carbocycles. The van der Waals surface area contributed by atoms with Crippen molar-refractivity contribution in [2.24, 2.45) is 5.10 Å². The number of hydrogen-bond donors (Lipinski definition) is 2. The lowest BCUT2D eigenvalue weighted by molar-refractivity contribution is -0.384. The van der Waals surface area contributed by atoms with Crippen LogP contribution in [0.3, 0.4) is 0 Å². The molecule has 0 spiro atoms. The Bertz CT molecular complexity index is 1140. The summed E-state index contributed by atoms with van der Waals surface area (Å²) in [6.07, 6.45) is 1.47. The molecule has 0 saturated carbocycles. The molecule has 0 bridgehead atoms. The molecular formula is C23H20N4O5. The van der Waals surface area contributed by atoms with Crippen molar-refractivity contribution in [3.05, 3.63) is 99.6 Å². The van der Waals surface area contributed by atoms with Crippen LogP contribution < -0.4 is 15.5 Å². The summed E-state index contributed by atoms with van der Waals surface area (Å²) in [6.45, 7) is 1.62. The van der Waals surface area contributed by atoms with Crippen LogP contribution in [-0.4, -0.2) is 23.0 Å². The number of rotatable bonds is 8. The number of non-ortho nitro benzene ring substituents is 1. The van der Waals surface area contributed by atoms with Gasteiger partial charge in [-0.25, -0.2) is 5.43 Å². The van der Waals surface area contributed by atoms with Gasteiger partial charge in [0, 0.05) is 35.9 Å². The fourth-order valence-electron chi connectivity index (χ4n) is 2.73. The van der Waals surface area contributed by atoms with Crippen LogP contribution in [0, 0.1) is 10.1 Å². The van der Waals surface area contributed by atoms with Crippen LogP contribution in [0.4, 0.5) is 11.4 Å². The largest absolute Gasteiger partial charge is 0.488 e. The molecule has 0 saturated heterocycles. The van der Waals surface area contributed by atoms with Crippen molar-refractivity contribution in [2.75, 3.05) is 5.32 Å². The molecule has 2 amide bonds. The summed E-state index contributed by atoms with van der Waals surface area (Å²) < 4.78 is 5.80. The maximum Gasteiger partial charge on any atom is 0.271 e. The fraction of sp³-hybridized carbons (Fsp3) is 0.0870. The van der Waals surface area contributed by atoms with Crippen LogP contribution in [0.1, 0.15) is 28.4 Å². The molecule has 0 aromatic heterocycles. The average Bonchev–Trinajstić information content (AvgIpc) is 2.78. The molecule has 0 heterocycles.